The van der Waals surface area contributed by atoms with Crippen LogP contribution in [0.25, 0.3) is 22.6 Å². The minimum absolute atomic E-state index is 0.212. The molecule has 3 rings (SSSR count). The van der Waals surface area contributed by atoms with Gasteiger partial charge in [0.1, 0.15) is 11.0 Å². The van der Waals surface area contributed by atoms with Crippen LogP contribution in [-0.2, 0) is 0 Å². The Kier molecular flexibility index (Phi) is 3.31. The molecule has 0 spiro atoms. The smallest absolute Gasteiger partial charge is 0.179 e. The fourth-order valence-corrected chi connectivity index (χ4v) is 2.37. The first kappa shape index (κ1) is 13.0. The maximum Gasteiger partial charge on any atom is 0.179 e. The molecular formula is C12H5Cl4N3. The van der Waals surface area contributed by atoms with Crippen molar-refractivity contribution in [2.75, 3.05) is 0 Å². The van der Waals surface area contributed by atoms with E-state index in [1.54, 1.807) is 24.3 Å². The van der Waals surface area contributed by atoms with E-state index in [1.807, 2.05) is 0 Å². The maximum atomic E-state index is 6.13. The van der Waals surface area contributed by atoms with Gasteiger partial charge in [-0.1, -0.05) is 46.4 Å². The summed E-state index contributed by atoms with van der Waals surface area (Å²) in [7, 11) is 0. The lowest BCUT2D eigenvalue weighted by atomic mass is 10.2. The van der Waals surface area contributed by atoms with Crippen molar-refractivity contribution in [1.82, 2.24) is 15.0 Å². The predicted molar refractivity (Wildman–Crippen MR) is 79.4 cm³/mol. The van der Waals surface area contributed by atoms with E-state index in [0.29, 0.717) is 37.6 Å². The quantitative estimate of drug-likeness (QED) is 0.619. The van der Waals surface area contributed by atoms with Crippen LogP contribution in [0.1, 0.15) is 0 Å². The topological polar surface area (TPSA) is 41.6 Å². The first-order valence-corrected chi connectivity index (χ1v) is 6.73. The zero-order valence-electron chi connectivity index (χ0n) is 9.22. The number of rotatable bonds is 1. The van der Waals surface area contributed by atoms with E-state index in [1.165, 1.54) is 0 Å². The fourth-order valence-electron chi connectivity index (χ4n) is 1.70. The molecule has 1 N–H and O–H groups in total. The second-order valence-electron chi connectivity index (χ2n) is 3.84. The largest absolute Gasteiger partial charge is 0.336 e. The lowest BCUT2D eigenvalue weighted by Gasteiger charge is -2.00. The molecule has 3 aromatic rings. The molecule has 0 aliphatic rings. The minimum atomic E-state index is 0.212. The summed E-state index contributed by atoms with van der Waals surface area (Å²) in [5.41, 5.74) is 1.85. The second-order valence-corrected chi connectivity index (χ2v) is 5.45. The summed E-state index contributed by atoms with van der Waals surface area (Å²) in [6, 6.07) is 6.81. The molecule has 0 atom stereocenters. The van der Waals surface area contributed by atoms with E-state index in [-0.39, 0.29) is 5.15 Å². The van der Waals surface area contributed by atoms with E-state index in [0.717, 1.165) is 0 Å². The summed E-state index contributed by atoms with van der Waals surface area (Å²) in [6.45, 7) is 0. The van der Waals surface area contributed by atoms with Crippen molar-refractivity contribution in [2.24, 2.45) is 0 Å². The normalized spacial score (nSPS) is 11.2. The third kappa shape index (κ3) is 2.39. The maximum absolute atomic E-state index is 6.13. The number of nitrogens with one attached hydrogen (secondary N) is 1. The van der Waals surface area contributed by atoms with Crippen LogP contribution < -0.4 is 0 Å². The van der Waals surface area contributed by atoms with Crippen LogP contribution in [0.4, 0.5) is 0 Å². The van der Waals surface area contributed by atoms with Gasteiger partial charge < -0.3 is 4.98 Å². The van der Waals surface area contributed by atoms with Gasteiger partial charge in [-0.2, -0.15) is 0 Å². The highest BCUT2D eigenvalue weighted by Crippen LogP contribution is 2.31. The van der Waals surface area contributed by atoms with Crippen LogP contribution >= 0.6 is 46.4 Å². The Morgan fingerprint density at radius 1 is 0.895 bits per heavy atom. The van der Waals surface area contributed by atoms with Crippen molar-refractivity contribution < 1.29 is 0 Å². The Morgan fingerprint density at radius 3 is 2.47 bits per heavy atom. The standard InChI is InChI=1S/C12H5Cl4N3/c13-5-1-2-7(14)6(3-5)11-17-9-4-8(15)10(16)18-12(9)19-11/h1-4H,(H,17,18,19). The van der Waals surface area contributed by atoms with E-state index in [9.17, 15) is 0 Å². The number of aromatic nitrogens is 3. The zero-order valence-corrected chi connectivity index (χ0v) is 12.2. The molecule has 2 aromatic heterocycles. The third-order valence-electron chi connectivity index (χ3n) is 2.57. The van der Waals surface area contributed by atoms with Crippen molar-refractivity contribution >= 4 is 57.6 Å². The van der Waals surface area contributed by atoms with Gasteiger partial charge in [0.2, 0.25) is 0 Å². The number of nitrogens with zero attached hydrogens (tertiary/aromatic N) is 2. The molecule has 1 aromatic carbocycles. The van der Waals surface area contributed by atoms with Gasteiger partial charge in [0, 0.05) is 10.6 Å². The van der Waals surface area contributed by atoms with E-state index < -0.39 is 0 Å². The van der Waals surface area contributed by atoms with Crippen LogP contribution in [0.5, 0.6) is 0 Å². The van der Waals surface area contributed by atoms with Gasteiger partial charge in [0.25, 0.3) is 0 Å². The van der Waals surface area contributed by atoms with Gasteiger partial charge in [-0.3, -0.25) is 0 Å². The molecular weight excluding hydrogens is 328 g/mol. The SMILES string of the molecule is Clc1ccc(Cl)c(-c2nc3nc(Cl)c(Cl)cc3[nH]2)c1. The number of benzene rings is 1. The minimum Gasteiger partial charge on any atom is -0.336 e. The molecule has 96 valence electrons. The van der Waals surface area contributed by atoms with Gasteiger partial charge in [-0.25, -0.2) is 9.97 Å². The molecule has 0 saturated carbocycles. The number of halogens is 4. The molecule has 7 heteroatoms. The van der Waals surface area contributed by atoms with Crippen LogP contribution in [-0.4, -0.2) is 15.0 Å². The van der Waals surface area contributed by atoms with E-state index in [2.05, 4.69) is 15.0 Å². The van der Waals surface area contributed by atoms with Crippen LogP contribution in [0.15, 0.2) is 24.3 Å². The Labute approximate surface area is 128 Å². The molecule has 19 heavy (non-hydrogen) atoms. The molecule has 0 saturated heterocycles. The molecule has 0 bridgehead atoms. The molecule has 0 amide bonds. The van der Waals surface area contributed by atoms with Crippen molar-refractivity contribution in [3.63, 3.8) is 0 Å². The molecule has 0 unspecified atom stereocenters. The van der Waals surface area contributed by atoms with Gasteiger partial charge in [-0.15, -0.1) is 0 Å². The highest BCUT2D eigenvalue weighted by molar-refractivity contribution is 6.41. The third-order valence-corrected chi connectivity index (χ3v) is 3.81. The van der Waals surface area contributed by atoms with Crippen molar-refractivity contribution in [1.29, 1.82) is 0 Å². The number of pyridine rings is 1. The number of aromatic amines is 1. The monoisotopic (exact) mass is 331 g/mol. The molecule has 0 radical (unpaired) electrons. The van der Waals surface area contributed by atoms with Crippen LogP contribution in [0.2, 0.25) is 20.2 Å². The summed E-state index contributed by atoms with van der Waals surface area (Å²) in [6.07, 6.45) is 0. The summed E-state index contributed by atoms with van der Waals surface area (Å²) in [4.78, 5) is 11.5. The van der Waals surface area contributed by atoms with Crippen LogP contribution in [0.3, 0.4) is 0 Å². The summed E-state index contributed by atoms with van der Waals surface area (Å²) in [5.74, 6) is 0.563. The zero-order chi connectivity index (χ0) is 13.6. The van der Waals surface area contributed by atoms with Crippen molar-refractivity contribution in [3.8, 4) is 11.4 Å². The molecule has 0 aliphatic heterocycles. The highest BCUT2D eigenvalue weighted by atomic mass is 35.5. The van der Waals surface area contributed by atoms with Crippen molar-refractivity contribution in [2.45, 2.75) is 0 Å². The molecule has 0 fully saturated rings. The van der Waals surface area contributed by atoms with Gasteiger partial charge in [0.15, 0.2) is 5.65 Å². The van der Waals surface area contributed by atoms with E-state index >= 15 is 0 Å². The highest BCUT2D eigenvalue weighted by Gasteiger charge is 2.12. The van der Waals surface area contributed by atoms with Gasteiger partial charge in [-0.05, 0) is 24.3 Å². The summed E-state index contributed by atoms with van der Waals surface area (Å²) < 4.78 is 0. The molecule has 2 heterocycles. The summed E-state index contributed by atoms with van der Waals surface area (Å²) in [5, 5.41) is 1.69. The Morgan fingerprint density at radius 2 is 1.68 bits per heavy atom. The van der Waals surface area contributed by atoms with E-state index in [4.69, 9.17) is 46.4 Å². The Balaban J connectivity index is 2.23. The first-order chi connectivity index (χ1) is 9.04. The predicted octanol–water partition coefficient (Wildman–Crippen LogP) is 5.24. The number of hydrogen-bond acceptors (Lipinski definition) is 2. The number of hydrogen-bond donors (Lipinski definition) is 1. The number of fused-ring (bicyclic) bond motifs is 1. The van der Waals surface area contributed by atoms with Gasteiger partial charge in [0.05, 0.1) is 15.6 Å². The second kappa shape index (κ2) is 4.84. The molecule has 0 aliphatic carbocycles. The lowest BCUT2D eigenvalue weighted by Crippen LogP contribution is -1.82. The van der Waals surface area contributed by atoms with Gasteiger partial charge >= 0.3 is 0 Å². The van der Waals surface area contributed by atoms with Crippen LogP contribution in [0, 0.1) is 0 Å². The first-order valence-electron chi connectivity index (χ1n) is 5.22. The Bertz CT molecular complexity index is 743. The number of imidazole rings is 1. The molecule has 3 nitrogen and oxygen atoms in total. The Hall–Kier alpha value is -1.00. The average molecular weight is 333 g/mol. The summed E-state index contributed by atoms with van der Waals surface area (Å²) >= 11 is 23.9. The lowest BCUT2D eigenvalue weighted by molar-refractivity contribution is 1.30. The number of H-pyrrole nitrogens is 1. The average Bonchev–Trinajstić information content (AvgIpc) is 2.75. The van der Waals surface area contributed by atoms with Crippen molar-refractivity contribution in [3.05, 3.63) is 44.5 Å². The fraction of sp³-hybridized carbons (Fsp3) is 0.